The Morgan fingerprint density at radius 1 is 1.16 bits per heavy atom. The summed E-state index contributed by atoms with van der Waals surface area (Å²) in [7, 11) is 0. The number of furan rings is 1. The van der Waals surface area contributed by atoms with Crippen LogP contribution in [0, 0.1) is 28.4 Å². The molecule has 3 aromatic heterocycles. The number of aromatic nitrogens is 1. The molecule has 1 atom stereocenters. The van der Waals surface area contributed by atoms with Crippen LogP contribution in [0.4, 0.5) is 10.7 Å². The average Bonchev–Trinajstić information content (AvgIpc) is 3.71. The van der Waals surface area contributed by atoms with Gasteiger partial charge in [0.15, 0.2) is 0 Å². The van der Waals surface area contributed by atoms with Gasteiger partial charge in [-0.05, 0) is 66.8 Å². The fraction of sp³-hybridized carbons (Fsp3) is 0.314. The maximum atomic E-state index is 13.7. The molecule has 3 heterocycles. The number of benzene rings is 2. The van der Waals surface area contributed by atoms with Crippen LogP contribution in [0.3, 0.4) is 0 Å². The summed E-state index contributed by atoms with van der Waals surface area (Å²) in [6.45, 7) is 9.83. The minimum absolute atomic E-state index is 0.0760. The van der Waals surface area contributed by atoms with Gasteiger partial charge in [0.25, 0.3) is 11.6 Å². The van der Waals surface area contributed by atoms with E-state index in [1.54, 1.807) is 41.9 Å². The number of thiophene rings is 1. The molecule has 44 heavy (non-hydrogen) atoms. The van der Waals surface area contributed by atoms with Crippen molar-refractivity contribution >= 4 is 45.0 Å². The molecular formula is C35H36N4O4S. The van der Waals surface area contributed by atoms with Crippen LogP contribution in [0.2, 0.25) is 0 Å². The summed E-state index contributed by atoms with van der Waals surface area (Å²) in [6.07, 6.45) is 6.36. The minimum Gasteiger partial charge on any atom is -0.467 e. The normalized spacial score (nSPS) is 15.1. The highest BCUT2D eigenvalue weighted by molar-refractivity contribution is 7.16. The van der Waals surface area contributed by atoms with E-state index in [1.807, 2.05) is 30.5 Å². The standard InChI is InChI=1S/C35H36N4O4S/c1-22-29(27-9-5-6-10-30(27)38(22)21-23-11-14-25(15-12-23)39(41)42)20-37-34-32(33(40)36-19-26-8-7-17-43-26)28-16-13-24(35(2,3)4)18-31(28)44-34/h5-12,14-15,17,20,24H,13,16,18-19,21H2,1-4H3,(H,36,40)/t24-/m1/s1. The van der Waals surface area contributed by atoms with E-state index in [0.717, 1.165) is 57.6 Å². The maximum Gasteiger partial charge on any atom is 0.269 e. The SMILES string of the molecule is Cc1c(C=Nc2sc3c(c2C(=O)NCc2ccco2)CC[C@@H](C(C)(C)C)C3)c2ccccc2n1Cc1ccc([N+](=O)[O-])cc1. The number of carbonyl (C=O) groups is 1. The molecule has 226 valence electrons. The van der Waals surface area contributed by atoms with Crippen molar-refractivity contribution < 1.29 is 14.1 Å². The van der Waals surface area contributed by atoms with Gasteiger partial charge in [0, 0.05) is 51.9 Å². The Balaban J connectivity index is 1.36. The number of nitrogens with one attached hydrogen (secondary N) is 1. The molecular weight excluding hydrogens is 572 g/mol. The molecule has 6 rings (SSSR count). The second-order valence-electron chi connectivity index (χ2n) is 12.5. The van der Waals surface area contributed by atoms with Crippen LogP contribution < -0.4 is 5.32 Å². The zero-order valence-corrected chi connectivity index (χ0v) is 26.2. The van der Waals surface area contributed by atoms with Crippen molar-refractivity contribution in [3.05, 3.63) is 116 Å². The van der Waals surface area contributed by atoms with Crippen molar-refractivity contribution in [3.63, 3.8) is 0 Å². The lowest BCUT2D eigenvalue weighted by atomic mass is 9.72. The van der Waals surface area contributed by atoms with Crippen molar-refractivity contribution in [2.45, 2.75) is 60.0 Å². The summed E-state index contributed by atoms with van der Waals surface area (Å²) in [5.74, 6) is 1.12. The van der Waals surface area contributed by atoms with Crippen LogP contribution in [0.15, 0.2) is 76.3 Å². The Morgan fingerprint density at radius 3 is 2.64 bits per heavy atom. The van der Waals surface area contributed by atoms with Crippen LogP contribution >= 0.6 is 11.3 Å². The molecule has 8 nitrogen and oxygen atoms in total. The minimum atomic E-state index is -0.383. The van der Waals surface area contributed by atoms with Gasteiger partial charge in [-0.15, -0.1) is 11.3 Å². The smallest absolute Gasteiger partial charge is 0.269 e. The average molecular weight is 609 g/mol. The highest BCUT2D eigenvalue weighted by atomic mass is 32.1. The number of hydrogen-bond acceptors (Lipinski definition) is 6. The third-order valence-corrected chi connectivity index (χ3v) is 9.94. The van der Waals surface area contributed by atoms with E-state index in [0.29, 0.717) is 30.3 Å². The number of carbonyl (C=O) groups excluding carboxylic acids is 1. The molecule has 1 aliphatic carbocycles. The molecule has 2 aromatic carbocycles. The molecule has 0 saturated heterocycles. The molecule has 0 radical (unpaired) electrons. The van der Waals surface area contributed by atoms with Crippen molar-refractivity contribution in [1.82, 2.24) is 9.88 Å². The van der Waals surface area contributed by atoms with E-state index < -0.39 is 0 Å². The first-order valence-corrected chi connectivity index (χ1v) is 15.7. The van der Waals surface area contributed by atoms with Crippen molar-refractivity contribution in [3.8, 4) is 0 Å². The first kappa shape index (κ1) is 29.6. The zero-order chi connectivity index (χ0) is 31.0. The van der Waals surface area contributed by atoms with Crippen LogP contribution in [0.5, 0.6) is 0 Å². The van der Waals surface area contributed by atoms with E-state index in [4.69, 9.17) is 9.41 Å². The second-order valence-corrected chi connectivity index (χ2v) is 13.6. The Labute approximate surface area is 260 Å². The fourth-order valence-electron chi connectivity index (χ4n) is 6.16. The van der Waals surface area contributed by atoms with Gasteiger partial charge in [0.05, 0.1) is 23.3 Å². The van der Waals surface area contributed by atoms with Gasteiger partial charge in [0.1, 0.15) is 10.8 Å². The molecule has 5 aromatic rings. The highest BCUT2D eigenvalue weighted by Crippen LogP contribution is 2.45. The molecule has 0 saturated carbocycles. The first-order valence-electron chi connectivity index (χ1n) is 14.9. The molecule has 9 heteroatoms. The van der Waals surface area contributed by atoms with E-state index >= 15 is 0 Å². The van der Waals surface area contributed by atoms with Gasteiger partial charge in [-0.1, -0.05) is 51.1 Å². The fourth-order valence-corrected chi connectivity index (χ4v) is 7.43. The number of aliphatic imine (C=N–C) groups is 1. The highest BCUT2D eigenvalue weighted by Gasteiger charge is 2.33. The number of nitro benzene ring substituents is 1. The van der Waals surface area contributed by atoms with Gasteiger partial charge < -0.3 is 14.3 Å². The van der Waals surface area contributed by atoms with Gasteiger partial charge in [-0.2, -0.15) is 0 Å². The van der Waals surface area contributed by atoms with Gasteiger partial charge in [-0.3, -0.25) is 14.9 Å². The number of nitro groups is 1. The number of non-ortho nitro benzene ring substituents is 1. The molecule has 0 bridgehead atoms. The molecule has 0 spiro atoms. The summed E-state index contributed by atoms with van der Waals surface area (Å²) in [4.78, 5) is 30.7. The molecule has 0 unspecified atom stereocenters. The number of fused-ring (bicyclic) bond motifs is 2. The number of amides is 1. The second kappa shape index (κ2) is 11.9. The third-order valence-electron chi connectivity index (χ3n) is 8.78. The van der Waals surface area contributed by atoms with Crippen molar-refractivity contribution in [1.29, 1.82) is 0 Å². The summed E-state index contributed by atoms with van der Waals surface area (Å²) in [6, 6.07) is 18.5. The topological polar surface area (TPSA) is 103 Å². The zero-order valence-electron chi connectivity index (χ0n) is 25.4. The lowest BCUT2D eigenvalue weighted by Crippen LogP contribution is -2.28. The molecule has 1 amide bonds. The van der Waals surface area contributed by atoms with Crippen LogP contribution in [0.25, 0.3) is 10.9 Å². The third kappa shape index (κ3) is 5.84. The van der Waals surface area contributed by atoms with Crippen molar-refractivity contribution in [2.24, 2.45) is 16.3 Å². The Bertz CT molecular complexity index is 1860. The summed E-state index contributed by atoms with van der Waals surface area (Å²) >= 11 is 1.63. The predicted octanol–water partition coefficient (Wildman–Crippen LogP) is 8.39. The lowest BCUT2D eigenvalue weighted by molar-refractivity contribution is -0.384. The summed E-state index contributed by atoms with van der Waals surface area (Å²) < 4.78 is 7.65. The van der Waals surface area contributed by atoms with E-state index in [-0.39, 0.29) is 21.9 Å². The monoisotopic (exact) mass is 608 g/mol. The molecule has 0 fully saturated rings. The number of nitrogens with zero attached hydrogens (tertiary/aromatic N) is 3. The van der Waals surface area contributed by atoms with Gasteiger partial charge in [-0.25, -0.2) is 4.99 Å². The quantitative estimate of drug-likeness (QED) is 0.109. The van der Waals surface area contributed by atoms with E-state index in [2.05, 4.69) is 49.7 Å². The number of hydrogen-bond donors (Lipinski definition) is 1. The molecule has 1 aliphatic rings. The van der Waals surface area contributed by atoms with Gasteiger partial charge >= 0.3 is 0 Å². The number of para-hydroxylation sites is 1. The number of rotatable bonds is 8. The van der Waals surface area contributed by atoms with Gasteiger partial charge in [0.2, 0.25) is 0 Å². The van der Waals surface area contributed by atoms with Crippen LogP contribution in [-0.2, 0) is 25.9 Å². The first-order chi connectivity index (χ1) is 21.1. The van der Waals surface area contributed by atoms with Crippen LogP contribution in [-0.4, -0.2) is 21.6 Å². The maximum absolute atomic E-state index is 13.7. The van der Waals surface area contributed by atoms with Crippen LogP contribution in [0.1, 0.15) is 70.6 Å². The Kier molecular flexibility index (Phi) is 7.98. The summed E-state index contributed by atoms with van der Waals surface area (Å²) in [5, 5.41) is 16.0. The molecule has 1 N–H and O–H groups in total. The molecule has 0 aliphatic heterocycles. The Hall–Kier alpha value is -4.50. The lowest BCUT2D eigenvalue weighted by Gasteiger charge is -2.33. The van der Waals surface area contributed by atoms with E-state index in [9.17, 15) is 14.9 Å². The Morgan fingerprint density at radius 2 is 1.93 bits per heavy atom. The summed E-state index contributed by atoms with van der Waals surface area (Å²) in [5.41, 5.74) is 6.11. The van der Waals surface area contributed by atoms with E-state index in [1.165, 1.54) is 4.88 Å². The largest absolute Gasteiger partial charge is 0.467 e. The van der Waals surface area contributed by atoms with Crippen molar-refractivity contribution in [2.75, 3.05) is 0 Å². The predicted molar refractivity (Wildman–Crippen MR) is 175 cm³/mol.